The zero-order valence-corrected chi connectivity index (χ0v) is 11.4. The standard InChI is InChI=1S/C15H9F3N2S/c16-15(17,18)12-8-4-7-11(9-12)14-19-13(20-21-14)10-5-2-1-3-6-10/h1-9H. The smallest absolute Gasteiger partial charge is 0.215 e. The highest BCUT2D eigenvalue weighted by Gasteiger charge is 2.30. The Morgan fingerprint density at radius 1 is 0.857 bits per heavy atom. The second kappa shape index (κ2) is 5.29. The van der Waals surface area contributed by atoms with Gasteiger partial charge in [-0.2, -0.15) is 17.5 Å². The van der Waals surface area contributed by atoms with Crippen LogP contribution in [0.1, 0.15) is 5.56 Å². The van der Waals surface area contributed by atoms with E-state index in [1.165, 1.54) is 6.07 Å². The third-order valence-corrected chi connectivity index (χ3v) is 3.66. The van der Waals surface area contributed by atoms with Gasteiger partial charge in [-0.1, -0.05) is 42.5 Å². The first kappa shape index (κ1) is 13.8. The van der Waals surface area contributed by atoms with Crippen molar-refractivity contribution in [3.05, 3.63) is 60.2 Å². The second-order valence-corrected chi connectivity index (χ2v) is 5.12. The lowest BCUT2D eigenvalue weighted by molar-refractivity contribution is -0.137. The van der Waals surface area contributed by atoms with Gasteiger partial charge in [0.05, 0.1) is 5.56 Å². The van der Waals surface area contributed by atoms with Crippen LogP contribution in [0.25, 0.3) is 22.0 Å². The summed E-state index contributed by atoms with van der Waals surface area (Å²) in [6, 6.07) is 14.4. The molecular formula is C15H9F3N2S. The first-order chi connectivity index (χ1) is 10.0. The SMILES string of the molecule is FC(F)(F)c1cccc(-c2nc(-c3ccccc3)ns2)c1. The van der Waals surface area contributed by atoms with E-state index >= 15 is 0 Å². The summed E-state index contributed by atoms with van der Waals surface area (Å²) in [7, 11) is 0. The molecule has 0 saturated carbocycles. The molecule has 0 amide bonds. The molecule has 0 bridgehead atoms. The van der Waals surface area contributed by atoms with Gasteiger partial charge in [-0.05, 0) is 23.7 Å². The van der Waals surface area contributed by atoms with Crippen molar-refractivity contribution in [1.82, 2.24) is 9.36 Å². The maximum atomic E-state index is 12.7. The Kier molecular flexibility index (Phi) is 3.47. The average molecular weight is 306 g/mol. The number of nitrogens with zero attached hydrogens (tertiary/aromatic N) is 2. The molecule has 0 unspecified atom stereocenters. The number of hydrogen-bond acceptors (Lipinski definition) is 3. The normalized spacial score (nSPS) is 11.6. The van der Waals surface area contributed by atoms with Gasteiger partial charge in [-0.15, -0.1) is 0 Å². The molecule has 2 aromatic carbocycles. The first-order valence-electron chi connectivity index (χ1n) is 6.11. The summed E-state index contributed by atoms with van der Waals surface area (Å²) in [6.45, 7) is 0. The number of hydrogen-bond donors (Lipinski definition) is 0. The van der Waals surface area contributed by atoms with Gasteiger partial charge < -0.3 is 0 Å². The van der Waals surface area contributed by atoms with Gasteiger partial charge >= 0.3 is 6.18 Å². The fraction of sp³-hybridized carbons (Fsp3) is 0.0667. The van der Waals surface area contributed by atoms with Crippen LogP contribution in [0.3, 0.4) is 0 Å². The third kappa shape index (κ3) is 2.95. The van der Waals surface area contributed by atoms with Gasteiger partial charge in [0.15, 0.2) is 5.82 Å². The molecular weight excluding hydrogens is 297 g/mol. The maximum Gasteiger partial charge on any atom is 0.416 e. The third-order valence-electron chi connectivity index (χ3n) is 2.89. The van der Waals surface area contributed by atoms with Crippen LogP contribution in [0.2, 0.25) is 0 Å². The highest BCUT2D eigenvalue weighted by atomic mass is 32.1. The lowest BCUT2D eigenvalue weighted by atomic mass is 10.1. The Hall–Kier alpha value is -2.21. The largest absolute Gasteiger partial charge is 0.416 e. The van der Waals surface area contributed by atoms with E-state index in [2.05, 4.69) is 9.36 Å². The van der Waals surface area contributed by atoms with Crippen molar-refractivity contribution in [3.8, 4) is 22.0 Å². The second-order valence-electron chi connectivity index (χ2n) is 4.37. The fourth-order valence-electron chi connectivity index (χ4n) is 1.87. The Balaban J connectivity index is 1.97. The van der Waals surface area contributed by atoms with Crippen LogP contribution in [-0.4, -0.2) is 9.36 Å². The summed E-state index contributed by atoms with van der Waals surface area (Å²) in [5, 5.41) is 0.472. The summed E-state index contributed by atoms with van der Waals surface area (Å²) in [6.07, 6.45) is -4.36. The van der Waals surface area contributed by atoms with Crippen molar-refractivity contribution in [2.45, 2.75) is 6.18 Å². The average Bonchev–Trinajstić information content (AvgIpc) is 2.97. The van der Waals surface area contributed by atoms with E-state index in [1.54, 1.807) is 6.07 Å². The summed E-state index contributed by atoms with van der Waals surface area (Å²) >= 11 is 1.09. The van der Waals surface area contributed by atoms with Crippen LogP contribution < -0.4 is 0 Å². The lowest BCUT2D eigenvalue weighted by Crippen LogP contribution is -2.04. The molecule has 3 rings (SSSR count). The molecule has 0 fully saturated rings. The Morgan fingerprint density at radius 2 is 1.57 bits per heavy atom. The summed E-state index contributed by atoms with van der Waals surface area (Å²) < 4.78 is 42.4. The molecule has 106 valence electrons. The van der Waals surface area contributed by atoms with Crippen LogP contribution in [0.5, 0.6) is 0 Å². The van der Waals surface area contributed by atoms with Crippen molar-refractivity contribution in [3.63, 3.8) is 0 Å². The molecule has 0 N–H and O–H groups in total. The quantitative estimate of drug-likeness (QED) is 0.673. The molecule has 1 heterocycles. The Morgan fingerprint density at radius 3 is 2.29 bits per heavy atom. The van der Waals surface area contributed by atoms with E-state index in [-0.39, 0.29) is 0 Å². The Bertz CT molecular complexity index is 751. The lowest BCUT2D eigenvalue weighted by Gasteiger charge is -2.06. The van der Waals surface area contributed by atoms with Crippen LogP contribution in [0.4, 0.5) is 13.2 Å². The van der Waals surface area contributed by atoms with Crippen LogP contribution in [0, 0.1) is 0 Å². The van der Waals surface area contributed by atoms with E-state index in [0.717, 1.165) is 29.2 Å². The summed E-state index contributed by atoms with van der Waals surface area (Å²) in [5.74, 6) is 0.521. The molecule has 0 saturated heterocycles. The molecule has 2 nitrogen and oxygen atoms in total. The van der Waals surface area contributed by atoms with Crippen molar-refractivity contribution < 1.29 is 13.2 Å². The van der Waals surface area contributed by atoms with E-state index in [0.29, 0.717) is 16.4 Å². The topological polar surface area (TPSA) is 25.8 Å². The predicted octanol–water partition coefficient (Wildman–Crippen LogP) is 4.89. The molecule has 0 spiro atoms. The monoisotopic (exact) mass is 306 g/mol. The summed E-state index contributed by atoms with van der Waals surface area (Å²) in [5.41, 5.74) is 0.577. The van der Waals surface area contributed by atoms with Gasteiger partial charge in [0, 0.05) is 11.1 Å². The van der Waals surface area contributed by atoms with Crippen molar-refractivity contribution in [2.24, 2.45) is 0 Å². The number of benzene rings is 2. The van der Waals surface area contributed by atoms with E-state index in [9.17, 15) is 13.2 Å². The van der Waals surface area contributed by atoms with Crippen LogP contribution in [-0.2, 0) is 6.18 Å². The molecule has 3 aromatic rings. The minimum Gasteiger partial charge on any atom is -0.215 e. The van der Waals surface area contributed by atoms with Gasteiger partial charge in [-0.25, -0.2) is 4.98 Å². The molecule has 0 atom stereocenters. The first-order valence-corrected chi connectivity index (χ1v) is 6.88. The zero-order chi connectivity index (χ0) is 14.9. The molecule has 0 aliphatic heterocycles. The number of aromatic nitrogens is 2. The van der Waals surface area contributed by atoms with Gasteiger partial charge in [0.25, 0.3) is 0 Å². The zero-order valence-electron chi connectivity index (χ0n) is 10.6. The molecule has 0 aliphatic rings. The van der Waals surface area contributed by atoms with Crippen molar-refractivity contribution >= 4 is 11.5 Å². The van der Waals surface area contributed by atoms with Crippen molar-refractivity contribution in [1.29, 1.82) is 0 Å². The molecule has 6 heteroatoms. The Labute approximate surface area is 123 Å². The van der Waals surface area contributed by atoms with Gasteiger partial charge in [0.2, 0.25) is 0 Å². The molecule has 0 radical (unpaired) electrons. The predicted molar refractivity (Wildman–Crippen MR) is 75.8 cm³/mol. The van der Waals surface area contributed by atoms with Gasteiger partial charge in [-0.3, -0.25) is 0 Å². The molecule has 21 heavy (non-hydrogen) atoms. The van der Waals surface area contributed by atoms with Crippen LogP contribution in [0.15, 0.2) is 54.6 Å². The number of alkyl halides is 3. The highest BCUT2D eigenvalue weighted by Crippen LogP contribution is 2.33. The van der Waals surface area contributed by atoms with Gasteiger partial charge in [0.1, 0.15) is 5.01 Å². The summed E-state index contributed by atoms with van der Waals surface area (Å²) in [4.78, 5) is 4.31. The van der Waals surface area contributed by atoms with Crippen LogP contribution >= 0.6 is 11.5 Å². The number of rotatable bonds is 2. The van der Waals surface area contributed by atoms with Crippen molar-refractivity contribution in [2.75, 3.05) is 0 Å². The van der Waals surface area contributed by atoms with E-state index in [4.69, 9.17) is 0 Å². The number of halogens is 3. The van der Waals surface area contributed by atoms with E-state index in [1.807, 2.05) is 30.3 Å². The maximum absolute atomic E-state index is 12.7. The fourth-order valence-corrected chi connectivity index (χ4v) is 2.55. The van der Waals surface area contributed by atoms with E-state index < -0.39 is 11.7 Å². The highest BCUT2D eigenvalue weighted by molar-refractivity contribution is 7.09. The minimum absolute atomic E-state index is 0.421. The minimum atomic E-state index is -4.36. The molecule has 1 aromatic heterocycles. The molecule has 0 aliphatic carbocycles.